The van der Waals surface area contributed by atoms with Crippen LogP contribution in [-0.4, -0.2) is 27.8 Å². The van der Waals surface area contributed by atoms with Crippen molar-refractivity contribution in [3.8, 4) is 5.75 Å². The van der Waals surface area contributed by atoms with Gasteiger partial charge in [0.05, 0.1) is 0 Å². The van der Waals surface area contributed by atoms with Gasteiger partial charge in [0.2, 0.25) is 0 Å². The third-order valence-corrected chi connectivity index (χ3v) is 6.51. The number of hydrogen-bond donors (Lipinski definition) is 0. The Kier molecular flexibility index (Phi) is 4.13. The Morgan fingerprint density at radius 3 is 2.00 bits per heavy atom. The molecule has 0 fully saturated rings. The molecule has 0 saturated carbocycles. The van der Waals surface area contributed by atoms with Crippen LogP contribution in [0.5, 0.6) is 5.75 Å². The molecule has 0 aromatic heterocycles. The summed E-state index contributed by atoms with van der Waals surface area (Å²) in [6.45, 7) is 2.86. The molecule has 14 heavy (non-hydrogen) atoms. The van der Waals surface area contributed by atoms with E-state index in [2.05, 4.69) is 0 Å². The van der Waals surface area contributed by atoms with Crippen molar-refractivity contribution in [1.29, 1.82) is 0 Å². The first kappa shape index (κ1) is 11.2. The number of carbonyl (C=O) groups is 2. The summed E-state index contributed by atoms with van der Waals surface area (Å²) in [4.78, 5) is 22.3. The molecule has 0 aliphatic rings. The van der Waals surface area contributed by atoms with Crippen LogP contribution >= 0.6 is 0 Å². The van der Waals surface area contributed by atoms with Crippen LogP contribution in [0.25, 0.3) is 0 Å². The predicted molar refractivity (Wildman–Crippen MR) is 54.2 cm³/mol. The van der Waals surface area contributed by atoms with E-state index in [1.165, 1.54) is 13.8 Å². The third-order valence-electron chi connectivity index (χ3n) is 1.60. The molecule has 0 spiro atoms. The summed E-state index contributed by atoms with van der Waals surface area (Å²) in [6.07, 6.45) is 0. The van der Waals surface area contributed by atoms with Gasteiger partial charge in [-0.25, -0.2) is 0 Å². The molecule has 4 heteroatoms. The minimum absolute atomic E-state index is 0.0799. The number of hydrogen-bond acceptors (Lipinski definition) is 3. The van der Waals surface area contributed by atoms with Gasteiger partial charge in [0.25, 0.3) is 0 Å². The molecular formula is C10H11O3Sn. The van der Waals surface area contributed by atoms with Crippen molar-refractivity contribution < 1.29 is 12.7 Å². The Balaban J connectivity index is 2.75. The van der Waals surface area contributed by atoms with Crippen LogP contribution in [-0.2, 0) is 9.59 Å². The fourth-order valence-electron chi connectivity index (χ4n) is 0.998. The first-order valence-corrected chi connectivity index (χ1v) is 8.25. The number of benzene rings is 1. The molecule has 0 amide bonds. The van der Waals surface area contributed by atoms with Crippen molar-refractivity contribution >= 4 is 27.8 Å². The number of rotatable bonds is 4. The summed E-state index contributed by atoms with van der Waals surface area (Å²) in [6, 6.07) is 9.00. The molecule has 0 atom stereocenters. The van der Waals surface area contributed by atoms with Gasteiger partial charge in [-0.2, -0.15) is 0 Å². The second kappa shape index (κ2) is 5.14. The van der Waals surface area contributed by atoms with Crippen molar-refractivity contribution in [2.24, 2.45) is 0 Å². The average molecular weight is 298 g/mol. The van der Waals surface area contributed by atoms with Crippen LogP contribution in [0.3, 0.4) is 0 Å². The van der Waals surface area contributed by atoms with Crippen LogP contribution < -0.4 is 3.07 Å². The normalized spacial score (nSPS) is 9.93. The SMILES string of the molecule is C[C](=O)[Sn]([O]c1ccccc1)[C](C)=O. The van der Waals surface area contributed by atoms with E-state index in [4.69, 9.17) is 3.07 Å². The molecule has 3 nitrogen and oxygen atoms in total. The first-order chi connectivity index (χ1) is 6.61. The van der Waals surface area contributed by atoms with Gasteiger partial charge in [-0.15, -0.1) is 0 Å². The molecule has 0 saturated heterocycles. The van der Waals surface area contributed by atoms with Crippen molar-refractivity contribution in [3.63, 3.8) is 0 Å². The first-order valence-electron chi connectivity index (χ1n) is 4.23. The molecule has 1 aromatic rings. The summed E-state index contributed by atoms with van der Waals surface area (Å²) in [5.74, 6) is 0.618. The molecule has 0 heterocycles. The maximum atomic E-state index is 11.1. The molecule has 73 valence electrons. The van der Waals surface area contributed by atoms with Crippen LogP contribution in [0.1, 0.15) is 13.8 Å². The molecule has 0 N–H and O–H groups in total. The maximum absolute atomic E-state index is 11.1. The zero-order valence-corrected chi connectivity index (χ0v) is 11.0. The van der Waals surface area contributed by atoms with Crippen molar-refractivity contribution in [2.45, 2.75) is 13.8 Å². The summed E-state index contributed by atoms with van der Waals surface area (Å²) in [5.41, 5.74) is 0. The Hall–Kier alpha value is -0.841. The topological polar surface area (TPSA) is 43.4 Å². The Morgan fingerprint density at radius 2 is 1.57 bits per heavy atom. The van der Waals surface area contributed by atoms with E-state index in [0.717, 1.165) is 0 Å². The summed E-state index contributed by atoms with van der Waals surface area (Å²) in [7, 11) is 0. The van der Waals surface area contributed by atoms with E-state index in [1.807, 2.05) is 18.2 Å². The standard InChI is InChI=1S/C6H6O.2C2H3O.Sn/c7-6-4-2-1-3-5-6;2*1-2-3;/h1-5,7H;2*1H3;/q;;;+1/p-1. The van der Waals surface area contributed by atoms with Crippen molar-refractivity contribution in [2.75, 3.05) is 0 Å². The van der Waals surface area contributed by atoms with Crippen LogP contribution in [0.4, 0.5) is 0 Å². The summed E-state index contributed by atoms with van der Waals surface area (Å²) in [5, 5.41) is 0. The van der Waals surface area contributed by atoms with E-state index in [-0.39, 0.29) is 7.60 Å². The molecule has 0 aliphatic carbocycles. The second-order valence-corrected chi connectivity index (χ2v) is 9.34. The molecule has 0 bridgehead atoms. The minimum atomic E-state index is -2.97. The molecule has 0 aliphatic heterocycles. The fourth-order valence-corrected chi connectivity index (χ4v) is 4.29. The van der Waals surface area contributed by atoms with Gasteiger partial charge in [-0.1, -0.05) is 0 Å². The monoisotopic (exact) mass is 299 g/mol. The summed E-state index contributed by atoms with van der Waals surface area (Å²) < 4.78 is 5.28. The quantitative estimate of drug-likeness (QED) is 0.787. The fraction of sp³-hybridized carbons (Fsp3) is 0.200. The van der Waals surface area contributed by atoms with E-state index in [0.29, 0.717) is 5.75 Å². The second-order valence-electron chi connectivity index (χ2n) is 2.86. The molecule has 1 rings (SSSR count). The van der Waals surface area contributed by atoms with Gasteiger partial charge in [0.1, 0.15) is 0 Å². The van der Waals surface area contributed by atoms with Gasteiger partial charge in [-0.05, 0) is 0 Å². The Labute approximate surface area is 90.4 Å². The number of carbonyl (C=O) groups excluding carboxylic acids is 2. The predicted octanol–water partition coefficient (Wildman–Crippen LogP) is 1.31. The molecular weight excluding hydrogens is 287 g/mol. The van der Waals surface area contributed by atoms with Gasteiger partial charge < -0.3 is 0 Å². The van der Waals surface area contributed by atoms with Crippen molar-refractivity contribution in [3.05, 3.63) is 30.3 Å². The van der Waals surface area contributed by atoms with Crippen LogP contribution in [0.2, 0.25) is 0 Å². The van der Waals surface area contributed by atoms with Crippen molar-refractivity contribution in [1.82, 2.24) is 0 Å². The summed E-state index contributed by atoms with van der Waals surface area (Å²) >= 11 is -2.97. The zero-order chi connectivity index (χ0) is 10.6. The average Bonchev–Trinajstić information content (AvgIpc) is 2.15. The van der Waals surface area contributed by atoms with E-state index < -0.39 is 20.2 Å². The van der Waals surface area contributed by atoms with Crippen LogP contribution in [0.15, 0.2) is 30.3 Å². The van der Waals surface area contributed by atoms with Gasteiger partial charge in [0.15, 0.2) is 0 Å². The van der Waals surface area contributed by atoms with Gasteiger partial charge >= 0.3 is 90.4 Å². The van der Waals surface area contributed by atoms with Crippen LogP contribution in [0, 0.1) is 0 Å². The van der Waals surface area contributed by atoms with E-state index >= 15 is 0 Å². The molecule has 0 unspecified atom stereocenters. The Morgan fingerprint density at radius 1 is 1.07 bits per heavy atom. The number of para-hydroxylation sites is 1. The zero-order valence-electron chi connectivity index (χ0n) is 8.11. The third kappa shape index (κ3) is 3.14. The Bertz CT molecular complexity index is 320. The van der Waals surface area contributed by atoms with Gasteiger partial charge in [-0.3, -0.25) is 0 Å². The molecule has 1 aromatic carbocycles. The van der Waals surface area contributed by atoms with E-state index in [1.54, 1.807) is 12.1 Å². The van der Waals surface area contributed by atoms with Gasteiger partial charge in [0, 0.05) is 0 Å². The van der Waals surface area contributed by atoms with E-state index in [9.17, 15) is 9.59 Å². The molecule has 1 radical (unpaired) electrons.